The SMILES string of the molecule is Cc1nn(C)c(C)c1-c1cc(C(=O)N2CCCCC2c2ncc(-c3cccc(F)c3)[nH]2)[nH]n1. The molecule has 0 spiro atoms. The van der Waals surface area contributed by atoms with Crippen LogP contribution in [0, 0.1) is 19.7 Å². The maximum atomic E-state index is 13.6. The van der Waals surface area contributed by atoms with E-state index in [0.717, 1.165) is 47.5 Å². The maximum Gasteiger partial charge on any atom is 0.272 e. The topological polar surface area (TPSA) is 95.5 Å². The Morgan fingerprint density at radius 2 is 2.06 bits per heavy atom. The van der Waals surface area contributed by atoms with E-state index in [2.05, 4.69) is 25.3 Å². The van der Waals surface area contributed by atoms with Gasteiger partial charge in [-0.2, -0.15) is 10.2 Å². The first-order valence-corrected chi connectivity index (χ1v) is 11.1. The number of imidazole rings is 1. The lowest BCUT2D eigenvalue weighted by Gasteiger charge is -2.34. The molecular weight excluding hydrogens is 421 g/mol. The van der Waals surface area contributed by atoms with Crippen LogP contribution in [0.3, 0.4) is 0 Å². The second-order valence-electron chi connectivity index (χ2n) is 8.54. The highest BCUT2D eigenvalue weighted by molar-refractivity contribution is 5.94. The van der Waals surface area contributed by atoms with Gasteiger partial charge in [-0.1, -0.05) is 12.1 Å². The number of nitrogens with zero attached hydrogens (tertiary/aromatic N) is 5. The summed E-state index contributed by atoms with van der Waals surface area (Å²) >= 11 is 0. The summed E-state index contributed by atoms with van der Waals surface area (Å²) in [7, 11) is 1.89. The average Bonchev–Trinajstić information content (AvgIpc) is 3.53. The molecule has 2 N–H and O–H groups in total. The number of H-pyrrole nitrogens is 2. The molecule has 1 fully saturated rings. The van der Waals surface area contributed by atoms with Gasteiger partial charge in [0.15, 0.2) is 0 Å². The van der Waals surface area contributed by atoms with Gasteiger partial charge >= 0.3 is 0 Å². The molecular formula is C24H26FN7O. The highest BCUT2D eigenvalue weighted by atomic mass is 19.1. The Hall–Kier alpha value is -3.75. The van der Waals surface area contributed by atoms with Crippen LogP contribution < -0.4 is 0 Å². The van der Waals surface area contributed by atoms with Crippen LogP contribution in [0.25, 0.3) is 22.5 Å². The first kappa shape index (κ1) is 21.1. The van der Waals surface area contributed by atoms with E-state index in [0.29, 0.717) is 23.8 Å². The van der Waals surface area contributed by atoms with Crippen LogP contribution in [-0.4, -0.2) is 47.3 Å². The predicted octanol–water partition coefficient (Wildman–Crippen LogP) is 4.32. The smallest absolute Gasteiger partial charge is 0.272 e. The molecule has 0 aliphatic carbocycles. The first-order chi connectivity index (χ1) is 15.9. The average molecular weight is 448 g/mol. The van der Waals surface area contributed by atoms with Gasteiger partial charge in [0.25, 0.3) is 5.91 Å². The van der Waals surface area contributed by atoms with E-state index < -0.39 is 0 Å². The van der Waals surface area contributed by atoms with Crippen LogP contribution in [0.2, 0.25) is 0 Å². The molecule has 8 nitrogen and oxygen atoms in total. The fraction of sp³-hybridized carbons (Fsp3) is 0.333. The minimum Gasteiger partial charge on any atom is -0.340 e. The Labute approximate surface area is 190 Å². The molecule has 1 aromatic carbocycles. The zero-order valence-electron chi connectivity index (χ0n) is 18.9. The van der Waals surface area contributed by atoms with E-state index in [1.54, 1.807) is 18.3 Å². The number of nitrogens with one attached hydrogen (secondary N) is 2. The molecule has 1 aliphatic rings. The maximum absolute atomic E-state index is 13.6. The third-order valence-corrected chi connectivity index (χ3v) is 6.38. The van der Waals surface area contributed by atoms with Crippen LogP contribution in [0.5, 0.6) is 0 Å². The van der Waals surface area contributed by atoms with Crippen molar-refractivity contribution in [3.05, 3.63) is 65.3 Å². The number of halogens is 1. The summed E-state index contributed by atoms with van der Waals surface area (Å²) in [6.07, 6.45) is 4.45. The predicted molar refractivity (Wildman–Crippen MR) is 122 cm³/mol. The Balaban J connectivity index is 1.42. The van der Waals surface area contributed by atoms with E-state index in [1.165, 1.54) is 12.1 Å². The number of carbonyl (C=O) groups is 1. The van der Waals surface area contributed by atoms with Gasteiger partial charge in [-0.15, -0.1) is 0 Å². The Morgan fingerprint density at radius 3 is 2.82 bits per heavy atom. The highest BCUT2D eigenvalue weighted by Gasteiger charge is 2.32. The van der Waals surface area contributed by atoms with Crippen LogP contribution in [0.4, 0.5) is 4.39 Å². The van der Waals surface area contributed by atoms with Crippen molar-refractivity contribution in [3.8, 4) is 22.5 Å². The molecule has 5 rings (SSSR count). The van der Waals surface area contributed by atoms with Crippen LogP contribution >= 0.6 is 0 Å². The summed E-state index contributed by atoms with van der Waals surface area (Å²) in [5.41, 5.74) is 5.41. The van der Waals surface area contributed by atoms with Gasteiger partial charge in [0.2, 0.25) is 0 Å². The fourth-order valence-electron chi connectivity index (χ4n) is 4.63. The molecule has 1 atom stereocenters. The molecule has 1 unspecified atom stereocenters. The minimum atomic E-state index is -0.299. The van der Waals surface area contributed by atoms with Crippen molar-refractivity contribution < 1.29 is 9.18 Å². The molecule has 170 valence electrons. The van der Waals surface area contributed by atoms with E-state index in [9.17, 15) is 9.18 Å². The van der Waals surface area contributed by atoms with Gasteiger partial charge in [0.1, 0.15) is 17.3 Å². The lowest BCUT2D eigenvalue weighted by Crippen LogP contribution is -2.39. The number of aryl methyl sites for hydroxylation is 2. The number of piperidine rings is 1. The normalized spacial score (nSPS) is 16.4. The Kier molecular flexibility index (Phi) is 5.32. The quantitative estimate of drug-likeness (QED) is 0.487. The zero-order valence-corrected chi connectivity index (χ0v) is 18.9. The van der Waals surface area contributed by atoms with E-state index in [1.807, 2.05) is 36.5 Å². The fourth-order valence-corrected chi connectivity index (χ4v) is 4.63. The number of amides is 1. The van der Waals surface area contributed by atoms with Crippen molar-refractivity contribution in [1.82, 2.24) is 34.8 Å². The van der Waals surface area contributed by atoms with Crippen molar-refractivity contribution >= 4 is 5.91 Å². The third-order valence-electron chi connectivity index (χ3n) is 6.38. The molecule has 0 saturated carbocycles. The summed E-state index contributed by atoms with van der Waals surface area (Å²) in [6.45, 7) is 4.56. The van der Waals surface area contributed by atoms with Gasteiger partial charge in [0, 0.05) is 30.4 Å². The van der Waals surface area contributed by atoms with Crippen molar-refractivity contribution in [2.45, 2.75) is 39.2 Å². The number of hydrogen-bond donors (Lipinski definition) is 2. The van der Waals surface area contributed by atoms with Gasteiger partial charge < -0.3 is 9.88 Å². The van der Waals surface area contributed by atoms with E-state index in [4.69, 9.17) is 0 Å². The van der Waals surface area contributed by atoms with E-state index in [-0.39, 0.29) is 17.8 Å². The number of benzene rings is 1. The number of aromatic amines is 2. The molecule has 1 saturated heterocycles. The van der Waals surface area contributed by atoms with Crippen LogP contribution in [0.15, 0.2) is 36.5 Å². The summed E-state index contributed by atoms with van der Waals surface area (Å²) in [5, 5.41) is 11.8. The monoisotopic (exact) mass is 447 g/mol. The largest absolute Gasteiger partial charge is 0.340 e. The lowest BCUT2D eigenvalue weighted by molar-refractivity contribution is 0.0595. The zero-order chi connectivity index (χ0) is 23.1. The molecule has 3 aromatic heterocycles. The molecule has 4 aromatic rings. The lowest BCUT2D eigenvalue weighted by atomic mass is 10.0. The number of rotatable bonds is 4. The van der Waals surface area contributed by atoms with Crippen molar-refractivity contribution in [3.63, 3.8) is 0 Å². The summed E-state index contributed by atoms with van der Waals surface area (Å²) in [6, 6.07) is 8.00. The third kappa shape index (κ3) is 3.83. The number of likely N-dealkylation sites (tertiary alicyclic amines) is 1. The molecule has 4 heterocycles. The van der Waals surface area contributed by atoms with E-state index >= 15 is 0 Å². The summed E-state index contributed by atoms with van der Waals surface area (Å²) in [4.78, 5) is 23.2. The van der Waals surface area contributed by atoms with Crippen molar-refractivity contribution in [2.24, 2.45) is 7.05 Å². The molecule has 1 amide bonds. The molecule has 33 heavy (non-hydrogen) atoms. The van der Waals surface area contributed by atoms with Gasteiger partial charge in [-0.25, -0.2) is 9.37 Å². The van der Waals surface area contributed by atoms with Gasteiger partial charge in [-0.05, 0) is 51.3 Å². The molecule has 1 aliphatic heterocycles. The first-order valence-electron chi connectivity index (χ1n) is 11.1. The van der Waals surface area contributed by atoms with Crippen LogP contribution in [0.1, 0.15) is 53.0 Å². The highest BCUT2D eigenvalue weighted by Crippen LogP contribution is 2.32. The number of aromatic nitrogens is 6. The number of carbonyl (C=O) groups excluding carboxylic acids is 1. The summed E-state index contributed by atoms with van der Waals surface area (Å²) < 4.78 is 15.5. The van der Waals surface area contributed by atoms with Gasteiger partial charge in [0.05, 0.1) is 29.3 Å². The molecule has 9 heteroatoms. The minimum absolute atomic E-state index is 0.110. The second kappa shape index (κ2) is 8.31. The second-order valence-corrected chi connectivity index (χ2v) is 8.54. The summed E-state index contributed by atoms with van der Waals surface area (Å²) in [5.74, 6) is 0.301. The molecule has 0 radical (unpaired) electrons. The van der Waals surface area contributed by atoms with Crippen molar-refractivity contribution in [1.29, 1.82) is 0 Å². The Bertz CT molecular complexity index is 1320. The number of hydrogen-bond acceptors (Lipinski definition) is 4. The molecule has 0 bridgehead atoms. The van der Waals surface area contributed by atoms with Gasteiger partial charge in [-0.3, -0.25) is 14.6 Å². The van der Waals surface area contributed by atoms with Crippen molar-refractivity contribution in [2.75, 3.05) is 6.54 Å². The Morgan fingerprint density at radius 1 is 1.21 bits per heavy atom. The van der Waals surface area contributed by atoms with Crippen LogP contribution in [-0.2, 0) is 7.05 Å². The standard InChI is InChI=1S/C24H26FN7O/c1-14-22(15(2)31(3)30-14)18-12-19(29-28-18)24(33)32-10-5-4-9-21(32)23-26-13-20(27-23)16-7-6-8-17(25)11-16/h6-8,11-13,21H,4-5,9-10H2,1-3H3,(H,26,27)(H,28,29).